The Balaban J connectivity index is 2.56. The molecule has 0 aliphatic carbocycles. The Morgan fingerprint density at radius 2 is 2.29 bits per heavy atom. The van der Waals surface area contributed by atoms with Gasteiger partial charge in [-0.25, -0.2) is 0 Å². The molecule has 0 fully saturated rings. The fourth-order valence-corrected chi connectivity index (χ4v) is 1.46. The van der Waals surface area contributed by atoms with E-state index in [-0.39, 0.29) is 6.17 Å². The van der Waals surface area contributed by atoms with Crippen molar-refractivity contribution in [2.24, 2.45) is 5.10 Å². The predicted molar refractivity (Wildman–Crippen MR) is 56.5 cm³/mol. The molecule has 4 nitrogen and oxygen atoms in total. The van der Waals surface area contributed by atoms with Gasteiger partial charge in [-0.15, -0.1) is 0 Å². The van der Waals surface area contributed by atoms with Gasteiger partial charge in [0.05, 0.1) is 0 Å². The topological polar surface area (TPSA) is 42.6 Å². The van der Waals surface area contributed by atoms with Gasteiger partial charge in [0.25, 0.3) is 0 Å². The molecule has 1 unspecified atom stereocenters. The van der Waals surface area contributed by atoms with Crippen molar-refractivity contribution in [2.45, 2.75) is 45.8 Å². The highest BCUT2D eigenvalue weighted by molar-refractivity contribution is 5.58. The molecule has 0 aromatic heterocycles. The van der Waals surface area contributed by atoms with Crippen LogP contribution in [0.1, 0.15) is 33.6 Å². The van der Waals surface area contributed by atoms with Crippen molar-refractivity contribution in [1.82, 2.24) is 9.91 Å². The third-order valence-electron chi connectivity index (χ3n) is 2.35. The van der Waals surface area contributed by atoms with Gasteiger partial charge in [-0.3, -0.25) is 5.01 Å². The molecule has 4 heteroatoms. The first-order valence-electron chi connectivity index (χ1n) is 5.18. The minimum atomic E-state index is -0.207. The van der Waals surface area contributed by atoms with E-state index >= 15 is 0 Å². The molecule has 0 saturated heterocycles. The fourth-order valence-electron chi connectivity index (χ4n) is 1.46. The highest BCUT2D eigenvalue weighted by Crippen LogP contribution is 2.15. The number of hydrazone groups is 1. The molecule has 0 spiro atoms. The summed E-state index contributed by atoms with van der Waals surface area (Å²) in [6.45, 7) is 7.15. The second-order valence-corrected chi connectivity index (χ2v) is 3.79. The molecule has 0 aromatic carbocycles. The highest BCUT2D eigenvalue weighted by atomic mass is 15.6. The lowest BCUT2D eigenvalue weighted by Gasteiger charge is -2.27. The van der Waals surface area contributed by atoms with Gasteiger partial charge in [-0.05, 0) is 20.3 Å². The summed E-state index contributed by atoms with van der Waals surface area (Å²) in [5, 5.41) is 15.1. The van der Waals surface area contributed by atoms with Crippen LogP contribution in [-0.2, 0) is 0 Å². The second-order valence-electron chi connectivity index (χ2n) is 3.79. The van der Waals surface area contributed by atoms with Gasteiger partial charge in [-0.1, -0.05) is 13.3 Å². The first-order valence-corrected chi connectivity index (χ1v) is 5.18. The van der Waals surface area contributed by atoms with Crippen molar-refractivity contribution in [3.8, 4) is 6.07 Å². The zero-order valence-corrected chi connectivity index (χ0v) is 9.14. The van der Waals surface area contributed by atoms with Gasteiger partial charge >= 0.3 is 0 Å². The summed E-state index contributed by atoms with van der Waals surface area (Å²) < 4.78 is 0. The monoisotopic (exact) mass is 194 g/mol. The first kappa shape index (κ1) is 10.8. The lowest BCUT2D eigenvalue weighted by Crippen LogP contribution is -2.42. The lowest BCUT2D eigenvalue weighted by molar-refractivity contribution is 0.155. The average molecular weight is 194 g/mol. The minimum Gasteiger partial charge on any atom is -0.325 e. The summed E-state index contributed by atoms with van der Waals surface area (Å²) in [7, 11) is 0. The van der Waals surface area contributed by atoms with Gasteiger partial charge in [0.15, 0.2) is 0 Å². The molecule has 0 saturated carbocycles. The van der Waals surface area contributed by atoms with Crippen molar-refractivity contribution in [3.05, 3.63) is 0 Å². The van der Waals surface area contributed by atoms with Crippen LogP contribution >= 0.6 is 0 Å². The number of nitriles is 1. The number of hydrogen-bond donors (Lipinski definition) is 0. The maximum atomic E-state index is 9.04. The summed E-state index contributed by atoms with van der Waals surface area (Å²) in [6.07, 6.45) is 3.78. The third-order valence-corrected chi connectivity index (χ3v) is 2.35. The molecular formula is C10H18N4. The van der Waals surface area contributed by atoms with Crippen LogP contribution in [0.15, 0.2) is 5.10 Å². The van der Waals surface area contributed by atoms with Crippen molar-refractivity contribution < 1.29 is 0 Å². The molecule has 14 heavy (non-hydrogen) atoms. The van der Waals surface area contributed by atoms with E-state index in [2.05, 4.69) is 31.9 Å². The largest absolute Gasteiger partial charge is 0.325 e. The van der Waals surface area contributed by atoms with Crippen molar-refractivity contribution in [2.75, 3.05) is 6.54 Å². The summed E-state index contributed by atoms with van der Waals surface area (Å²) in [4.78, 5) is 1.98. The zero-order chi connectivity index (χ0) is 10.6. The van der Waals surface area contributed by atoms with Crippen LogP contribution in [0.2, 0.25) is 0 Å². The molecule has 1 heterocycles. The minimum absolute atomic E-state index is 0.207. The fraction of sp³-hybridized carbons (Fsp3) is 0.800. The standard InChI is InChI=1S/C10H18N4/c1-4-5-6-14-10(7-11)13(8-12-14)9(2)3/h8-10H,4-6H2,1-3H3. The summed E-state index contributed by atoms with van der Waals surface area (Å²) in [5.41, 5.74) is 0. The highest BCUT2D eigenvalue weighted by Gasteiger charge is 2.28. The van der Waals surface area contributed by atoms with Crippen LogP contribution in [0.25, 0.3) is 0 Å². The third kappa shape index (κ3) is 2.16. The van der Waals surface area contributed by atoms with Crippen LogP contribution < -0.4 is 0 Å². The van der Waals surface area contributed by atoms with E-state index in [1.54, 1.807) is 6.34 Å². The summed E-state index contributed by atoms with van der Waals surface area (Å²) in [5.74, 6) is 0. The molecular weight excluding hydrogens is 176 g/mol. The van der Waals surface area contributed by atoms with E-state index < -0.39 is 0 Å². The van der Waals surface area contributed by atoms with Crippen molar-refractivity contribution in [1.29, 1.82) is 5.26 Å². The second kappa shape index (κ2) is 4.85. The van der Waals surface area contributed by atoms with E-state index in [0.717, 1.165) is 19.4 Å². The molecule has 1 aliphatic heterocycles. The Bertz CT molecular complexity index is 241. The molecule has 78 valence electrons. The molecule has 0 amide bonds. The van der Waals surface area contributed by atoms with E-state index in [9.17, 15) is 0 Å². The normalized spacial score (nSPS) is 20.6. The summed E-state index contributed by atoms with van der Waals surface area (Å²) in [6, 6.07) is 2.61. The van der Waals surface area contributed by atoms with Gasteiger partial charge < -0.3 is 4.90 Å². The Labute approximate surface area is 85.8 Å². The predicted octanol–water partition coefficient (Wildman–Crippen LogP) is 1.61. The van der Waals surface area contributed by atoms with E-state index in [1.807, 2.05) is 9.91 Å². The summed E-state index contributed by atoms with van der Waals surface area (Å²) >= 11 is 0. The van der Waals surface area contributed by atoms with E-state index in [1.165, 1.54) is 0 Å². The molecule has 1 rings (SSSR count). The molecule has 1 aliphatic rings. The van der Waals surface area contributed by atoms with E-state index in [0.29, 0.717) is 6.04 Å². The molecule has 0 radical (unpaired) electrons. The Hall–Kier alpha value is -1.24. The number of rotatable bonds is 4. The van der Waals surface area contributed by atoms with Crippen LogP contribution in [-0.4, -0.2) is 35.0 Å². The maximum Gasteiger partial charge on any atom is 0.207 e. The maximum absolute atomic E-state index is 9.04. The van der Waals surface area contributed by atoms with Gasteiger partial charge in [0.2, 0.25) is 6.17 Å². The smallest absolute Gasteiger partial charge is 0.207 e. The zero-order valence-electron chi connectivity index (χ0n) is 9.14. The van der Waals surface area contributed by atoms with Crippen LogP contribution in [0.4, 0.5) is 0 Å². The van der Waals surface area contributed by atoms with Crippen LogP contribution in [0.3, 0.4) is 0 Å². The SMILES string of the molecule is CCCCN1N=CN(C(C)C)C1C#N. The van der Waals surface area contributed by atoms with Gasteiger partial charge in [0.1, 0.15) is 12.4 Å². The number of nitrogens with zero attached hydrogens (tertiary/aromatic N) is 4. The first-order chi connectivity index (χ1) is 6.70. The quantitative estimate of drug-likeness (QED) is 0.682. The van der Waals surface area contributed by atoms with Crippen molar-refractivity contribution >= 4 is 6.34 Å². The number of hydrogen-bond acceptors (Lipinski definition) is 4. The average Bonchev–Trinajstić information content (AvgIpc) is 2.57. The molecule has 0 N–H and O–H groups in total. The van der Waals surface area contributed by atoms with Gasteiger partial charge in [0, 0.05) is 12.6 Å². The number of unbranched alkanes of at least 4 members (excludes halogenated alkanes) is 1. The molecule has 1 atom stereocenters. The molecule has 0 bridgehead atoms. The van der Waals surface area contributed by atoms with Crippen LogP contribution in [0.5, 0.6) is 0 Å². The lowest BCUT2D eigenvalue weighted by atomic mass is 10.3. The Morgan fingerprint density at radius 3 is 2.79 bits per heavy atom. The molecule has 0 aromatic rings. The van der Waals surface area contributed by atoms with Gasteiger partial charge in [-0.2, -0.15) is 10.4 Å². The Kier molecular flexibility index (Phi) is 3.75. The van der Waals surface area contributed by atoms with Crippen LogP contribution in [0, 0.1) is 11.3 Å². The van der Waals surface area contributed by atoms with Crippen molar-refractivity contribution in [3.63, 3.8) is 0 Å². The Morgan fingerprint density at radius 1 is 1.57 bits per heavy atom. The van der Waals surface area contributed by atoms with E-state index in [4.69, 9.17) is 5.26 Å².